The van der Waals surface area contributed by atoms with Crippen LogP contribution in [0.1, 0.15) is 407 Å². The Morgan fingerprint density at radius 2 is 0.421 bits per heavy atom. The van der Waals surface area contributed by atoms with E-state index >= 15 is 0 Å². The van der Waals surface area contributed by atoms with E-state index in [2.05, 4.69) is 27.7 Å². The van der Waals surface area contributed by atoms with E-state index in [-0.39, 0.29) is 25.7 Å². The lowest BCUT2D eigenvalue weighted by Crippen LogP contribution is -2.30. The van der Waals surface area contributed by atoms with Crippen LogP contribution in [0.25, 0.3) is 0 Å². The molecule has 5 atom stereocenters. The molecule has 0 spiro atoms. The maximum absolute atomic E-state index is 13.1. The van der Waals surface area contributed by atoms with Crippen molar-refractivity contribution in [3.05, 3.63) is 0 Å². The van der Waals surface area contributed by atoms with Crippen LogP contribution in [0, 0.1) is 0 Å². The monoisotopic (exact) mass is 1400 g/mol. The third-order valence-corrected chi connectivity index (χ3v) is 19.8. The van der Waals surface area contributed by atoms with E-state index in [1.807, 2.05) is 0 Å². The minimum Gasteiger partial charge on any atom is -0.462 e. The topological polar surface area (TPSA) is 237 Å². The lowest BCUT2D eigenvalue weighted by Gasteiger charge is -2.21. The summed E-state index contributed by atoms with van der Waals surface area (Å²) in [5, 5.41) is 10.6. The Morgan fingerprint density at radius 1 is 0.253 bits per heavy atom. The van der Waals surface area contributed by atoms with Crippen LogP contribution < -0.4 is 0 Å². The van der Waals surface area contributed by atoms with Gasteiger partial charge in [-0.1, -0.05) is 355 Å². The highest BCUT2D eigenvalue weighted by molar-refractivity contribution is 7.47. The highest BCUT2D eigenvalue weighted by atomic mass is 31.2. The molecule has 0 aliphatic heterocycles. The number of carbonyl (C=O) groups is 4. The van der Waals surface area contributed by atoms with E-state index in [4.69, 9.17) is 37.0 Å². The van der Waals surface area contributed by atoms with Gasteiger partial charge in [0.25, 0.3) is 0 Å². The van der Waals surface area contributed by atoms with Gasteiger partial charge in [0.2, 0.25) is 0 Å². The van der Waals surface area contributed by atoms with Gasteiger partial charge in [-0.25, -0.2) is 9.13 Å². The van der Waals surface area contributed by atoms with Gasteiger partial charge in [-0.2, -0.15) is 0 Å². The number of hydrogen-bond donors (Lipinski definition) is 3. The van der Waals surface area contributed by atoms with Crippen molar-refractivity contribution in [1.82, 2.24) is 0 Å². The average Bonchev–Trinajstić information content (AvgIpc) is 3.61. The first-order valence-corrected chi connectivity index (χ1v) is 42.8. The Morgan fingerprint density at radius 3 is 0.621 bits per heavy atom. The van der Waals surface area contributed by atoms with Crippen LogP contribution in [0.5, 0.6) is 0 Å². The molecule has 3 N–H and O–H groups in total. The Bertz CT molecular complexity index is 1810. The molecule has 0 aromatic carbocycles. The summed E-state index contributed by atoms with van der Waals surface area (Å²) in [5.41, 5.74) is 0. The summed E-state index contributed by atoms with van der Waals surface area (Å²) in [6, 6.07) is 0. The number of phosphoric ester groups is 2. The second-order valence-corrected chi connectivity index (χ2v) is 30.3. The number of esters is 4. The summed E-state index contributed by atoms with van der Waals surface area (Å²) in [5.74, 6) is -2.11. The van der Waals surface area contributed by atoms with Crippen molar-refractivity contribution >= 4 is 39.5 Å². The molecule has 0 radical (unpaired) electrons. The standard InChI is InChI=1S/C76H148O17P2/c1-5-9-13-17-21-25-28-31-34-37-40-43-47-51-55-59-63-76(81)93-72(67-87-74(79)61-57-53-49-45-41-38-35-32-29-26-22-18-14-10-6-2)69-91-95(84,85)89-65-70(77)64-88-94(82,83)90-68-71(66-86-73(78)60-56-52-48-44-24-20-16-12-8-4)92-75(80)62-58-54-50-46-42-39-36-33-30-27-23-19-15-11-7-3/h70-72,77H,5-69H2,1-4H3,(H,82,83)(H,84,85)/t70-,71+,72+/m0/s1. The number of ether oxygens (including phenoxy) is 4. The molecule has 0 aromatic rings. The normalized spacial score (nSPS) is 13.9. The second kappa shape index (κ2) is 70.5. The largest absolute Gasteiger partial charge is 0.472 e. The molecule has 19 heteroatoms. The molecule has 95 heavy (non-hydrogen) atoms. The quantitative estimate of drug-likeness (QED) is 0.0222. The highest BCUT2D eigenvalue weighted by Crippen LogP contribution is 2.45. The Balaban J connectivity index is 5.23. The number of hydrogen-bond acceptors (Lipinski definition) is 15. The lowest BCUT2D eigenvalue weighted by molar-refractivity contribution is -0.161. The van der Waals surface area contributed by atoms with Crippen LogP contribution in [0.2, 0.25) is 0 Å². The van der Waals surface area contributed by atoms with Gasteiger partial charge >= 0.3 is 39.5 Å². The van der Waals surface area contributed by atoms with E-state index in [0.717, 1.165) is 89.9 Å². The minimum absolute atomic E-state index is 0.109. The Hall–Kier alpha value is -1.94. The van der Waals surface area contributed by atoms with Crippen molar-refractivity contribution < 1.29 is 80.2 Å². The van der Waals surface area contributed by atoms with Crippen molar-refractivity contribution in [2.45, 2.75) is 425 Å². The summed E-state index contributed by atoms with van der Waals surface area (Å²) in [7, 11) is -9.91. The zero-order chi connectivity index (χ0) is 69.7. The van der Waals surface area contributed by atoms with E-state index in [9.17, 15) is 43.2 Å². The average molecular weight is 1400 g/mol. The van der Waals surface area contributed by atoms with Gasteiger partial charge in [-0.05, 0) is 25.7 Å². The van der Waals surface area contributed by atoms with Gasteiger partial charge in [0.05, 0.1) is 26.4 Å². The van der Waals surface area contributed by atoms with E-state index in [1.165, 1.54) is 238 Å². The van der Waals surface area contributed by atoms with Crippen LogP contribution in [0.15, 0.2) is 0 Å². The van der Waals surface area contributed by atoms with Gasteiger partial charge in [0.1, 0.15) is 19.3 Å². The van der Waals surface area contributed by atoms with Crippen molar-refractivity contribution in [2.75, 3.05) is 39.6 Å². The summed E-state index contributed by atoms with van der Waals surface area (Å²) >= 11 is 0. The Labute approximate surface area is 581 Å². The summed E-state index contributed by atoms with van der Waals surface area (Å²) in [4.78, 5) is 72.8. The molecule has 0 bridgehead atoms. The molecule has 0 aliphatic rings. The molecular weight excluding hydrogens is 1250 g/mol. The van der Waals surface area contributed by atoms with E-state index in [1.54, 1.807) is 0 Å². The maximum Gasteiger partial charge on any atom is 0.472 e. The number of phosphoric acid groups is 2. The van der Waals surface area contributed by atoms with Crippen molar-refractivity contribution in [2.24, 2.45) is 0 Å². The van der Waals surface area contributed by atoms with Crippen LogP contribution in [-0.2, 0) is 65.4 Å². The molecule has 564 valence electrons. The number of carbonyl (C=O) groups excluding carboxylic acids is 4. The van der Waals surface area contributed by atoms with Crippen LogP contribution >= 0.6 is 15.6 Å². The zero-order valence-electron chi connectivity index (χ0n) is 61.6. The molecule has 0 amide bonds. The maximum atomic E-state index is 13.1. The van der Waals surface area contributed by atoms with Gasteiger partial charge in [0.15, 0.2) is 12.2 Å². The van der Waals surface area contributed by atoms with Gasteiger partial charge in [0, 0.05) is 25.7 Å². The van der Waals surface area contributed by atoms with Gasteiger partial charge < -0.3 is 33.8 Å². The molecule has 0 aromatic heterocycles. The number of rotatable bonds is 77. The van der Waals surface area contributed by atoms with E-state index < -0.39 is 97.5 Å². The predicted molar refractivity (Wildman–Crippen MR) is 386 cm³/mol. The molecule has 2 unspecified atom stereocenters. The molecule has 0 aliphatic carbocycles. The number of aliphatic hydroxyl groups excluding tert-OH is 1. The fourth-order valence-corrected chi connectivity index (χ4v) is 13.3. The minimum atomic E-state index is -4.96. The lowest BCUT2D eigenvalue weighted by atomic mass is 10.0. The summed E-state index contributed by atoms with van der Waals surface area (Å²) < 4.78 is 68.5. The van der Waals surface area contributed by atoms with Crippen LogP contribution in [0.3, 0.4) is 0 Å². The molecule has 0 saturated heterocycles. The first kappa shape index (κ1) is 93.1. The SMILES string of the molecule is CCCCCCCCCCCCCCCCCCC(=O)O[C@H](COC(=O)CCCCCCCCCCCCCCCCC)COP(=O)(O)OC[C@@H](O)COP(=O)(O)OC[C@@H](COC(=O)CCCCCCCCCCC)OC(=O)CCCCCCCCCCCCCCCCC. The summed E-state index contributed by atoms with van der Waals surface area (Å²) in [6.45, 7) is 4.99. The second-order valence-electron chi connectivity index (χ2n) is 27.4. The Kier molecular flexibility index (Phi) is 69.1. The number of aliphatic hydroxyl groups is 1. The third-order valence-electron chi connectivity index (χ3n) is 17.9. The molecule has 0 saturated carbocycles. The molecular formula is C76H148O17P2. The molecule has 0 rings (SSSR count). The third kappa shape index (κ3) is 70.3. The van der Waals surface area contributed by atoms with Gasteiger partial charge in [-0.15, -0.1) is 0 Å². The molecule has 17 nitrogen and oxygen atoms in total. The highest BCUT2D eigenvalue weighted by Gasteiger charge is 2.30. The fourth-order valence-electron chi connectivity index (χ4n) is 11.8. The van der Waals surface area contributed by atoms with Crippen molar-refractivity contribution in [1.29, 1.82) is 0 Å². The summed E-state index contributed by atoms with van der Waals surface area (Å²) in [6.07, 6.45) is 60.9. The van der Waals surface area contributed by atoms with Crippen molar-refractivity contribution in [3.8, 4) is 0 Å². The van der Waals surface area contributed by atoms with Crippen LogP contribution in [-0.4, -0.2) is 96.7 Å². The van der Waals surface area contributed by atoms with Gasteiger partial charge in [-0.3, -0.25) is 37.3 Å². The van der Waals surface area contributed by atoms with E-state index in [0.29, 0.717) is 25.7 Å². The zero-order valence-corrected chi connectivity index (χ0v) is 63.4. The van der Waals surface area contributed by atoms with Crippen LogP contribution in [0.4, 0.5) is 0 Å². The smallest absolute Gasteiger partial charge is 0.462 e. The first-order valence-electron chi connectivity index (χ1n) is 39.8. The fraction of sp³-hybridized carbons (Fsp3) is 0.947. The molecule has 0 fully saturated rings. The first-order chi connectivity index (χ1) is 46.2. The van der Waals surface area contributed by atoms with Crippen molar-refractivity contribution in [3.63, 3.8) is 0 Å². The number of unbranched alkanes of at least 4 members (excludes halogenated alkanes) is 51. The molecule has 0 heterocycles. The predicted octanol–water partition coefficient (Wildman–Crippen LogP) is 22.6.